The van der Waals surface area contributed by atoms with Gasteiger partial charge >= 0.3 is 0 Å². The van der Waals surface area contributed by atoms with Gasteiger partial charge in [-0.25, -0.2) is 0 Å². The number of benzene rings is 1. The molecule has 12 heavy (non-hydrogen) atoms. The lowest BCUT2D eigenvalue weighted by Crippen LogP contribution is -2.41. The number of rotatable bonds is 2. The molecule has 0 amide bonds. The Morgan fingerprint density at radius 2 is 1.92 bits per heavy atom. The van der Waals surface area contributed by atoms with Crippen molar-refractivity contribution in [3.05, 3.63) is 46.0 Å². The van der Waals surface area contributed by atoms with Crippen LogP contribution in [0.2, 0.25) is 0 Å². The summed E-state index contributed by atoms with van der Waals surface area (Å²) in [5.74, 6) is 0. The van der Waals surface area contributed by atoms with E-state index in [1.807, 2.05) is 0 Å². The lowest BCUT2D eigenvalue weighted by atomic mass is 10.0. The van der Waals surface area contributed by atoms with Crippen LogP contribution in [0.1, 0.15) is 12.5 Å². The standard InChI is InChI=1S/C8H10N2O2/c1-8(9,10(11)12)7-5-3-2-4-6-7/h2-6H,9H2,1H3. The Morgan fingerprint density at radius 3 is 2.33 bits per heavy atom. The molecule has 0 fully saturated rings. The van der Waals surface area contributed by atoms with Crippen LogP contribution in [0, 0.1) is 10.1 Å². The van der Waals surface area contributed by atoms with Gasteiger partial charge in [0.2, 0.25) is 0 Å². The second kappa shape index (κ2) is 2.91. The second-order valence-electron chi connectivity index (χ2n) is 2.77. The zero-order valence-electron chi connectivity index (χ0n) is 6.73. The van der Waals surface area contributed by atoms with E-state index in [0.29, 0.717) is 5.56 Å². The van der Waals surface area contributed by atoms with Crippen molar-refractivity contribution < 1.29 is 4.92 Å². The molecule has 0 saturated heterocycles. The van der Waals surface area contributed by atoms with Crippen molar-refractivity contribution in [1.29, 1.82) is 0 Å². The molecule has 4 heteroatoms. The fourth-order valence-electron chi connectivity index (χ4n) is 0.881. The van der Waals surface area contributed by atoms with Crippen LogP contribution in [0.25, 0.3) is 0 Å². The van der Waals surface area contributed by atoms with Crippen molar-refractivity contribution in [1.82, 2.24) is 0 Å². The molecule has 1 atom stereocenters. The van der Waals surface area contributed by atoms with Gasteiger partial charge in [-0.1, -0.05) is 30.3 Å². The minimum atomic E-state index is -1.48. The predicted molar refractivity (Wildman–Crippen MR) is 45.0 cm³/mol. The maximum atomic E-state index is 10.5. The van der Waals surface area contributed by atoms with E-state index in [0.717, 1.165) is 0 Å². The first-order valence-electron chi connectivity index (χ1n) is 3.54. The molecule has 0 aliphatic heterocycles. The predicted octanol–water partition coefficient (Wildman–Crippen LogP) is 1.09. The SMILES string of the molecule is CC(N)(c1ccccc1)[N+](=O)[O-]. The highest BCUT2D eigenvalue weighted by atomic mass is 16.6. The summed E-state index contributed by atoms with van der Waals surface area (Å²) in [7, 11) is 0. The molecule has 0 saturated carbocycles. The molecule has 0 bridgehead atoms. The van der Waals surface area contributed by atoms with Crippen LogP contribution in [0.15, 0.2) is 30.3 Å². The Labute approximate surface area is 70.2 Å². The molecular formula is C8H10N2O2. The number of hydrogen-bond donors (Lipinski definition) is 1. The third-order valence-corrected chi connectivity index (χ3v) is 1.74. The van der Waals surface area contributed by atoms with E-state index in [1.54, 1.807) is 30.3 Å². The van der Waals surface area contributed by atoms with E-state index in [-0.39, 0.29) is 0 Å². The van der Waals surface area contributed by atoms with Gasteiger partial charge < -0.3 is 0 Å². The van der Waals surface area contributed by atoms with Gasteiger partial charge in [-0.3, -0.25) is 15.8 Å². The molecule has 0 spiro atoms. The van der Waals surface area contributed by atoms with Crippen LogP contribution in [0.5, 0.6) is 0 Å². The van der Waals surface area contributed by atoms with Gasteiger partial charge in [0.05, 0.1) is 0 Å². The molecule has 4 nitrogen and oxygen atoms in total. The highest BCUT2D eigenvalue weighted by molar-refractivity contribution is 5.19. The largest absolute Gasteiger partial charge is 0.295 e. The van der Waals surface area contributed by atoms with E-state index in [1.165, 1.54) is 6.92 Å². The third kappa shape index (κ3) is 1.43. The number of nitrogens with two attached hydrogens (primary N) is 1. The van der Waals surface area contributed by atoms with Crippen molar-refractivity contribution in [2.75, 3.05) is 0 Å². The lowest BCUT2D eigenvalue weighted by Gasteiger charge is -2.14. The van der Waals surface area contributed by atoms with Crippen LogP contribution in [0.4, 0.5) is 0 Å². The van der Waals surface area contributed by atoms with E-state index in [4.69, 9.17) is 5.73 Å². The number of nitro groups is 1. The second-order valence-corrected chi connectivity index (χ2v) is 2.77. The minimum absolute atomic E-state index is 0.498. The summed E-state index contributed by atoms with van der Waals surface area (Å²) in [6.45, 7) is 1.38. The molecule has 2 N–H and O–H groups in total. The number of hydrogen-bond acceptors (Lipinski definition) is 3. The maximum Gasteiger partial charge on any atom is 0.295 e. The first kappa shape index (κ1) is 8.67. The Balaban J connectivity index is 3.06. The minimum Gasteiger partial charge on any atom is -0.262 e. The summed E-state index contributed by atoms with van der Waals surface area (Å²) < 4.78 is 0. The summed E-state index contributed by atoms with van der Waals surface area (Å²) in [5, 5.41) is 10.5. The Kier molecular flexibility index (Phi) is 2.10. The normalized spacial score (nSPS) is 15.2. The zero-order valence-corrected chi connectivity index (χ0v) is 6.73. The summed E-state index contributed by atoms with van der Waals surface area (Å²) >= 11 is 0. The van der Waals surface area contributed by atoms with Gasteiger partial charge in [0.1, 0.15) is 0 Å². The van der Waals surface area contributed by atoms with Crippen LogP contribution < -0.4 is 5.73 Å². The molecule has 0 heterocycles. The number of nitrogens with zero attached hydrogens (tertiary/aromatic N) is 1. The topological polar surface area (TPSA) is 69.2 Å². The highest BCUT2D eigenvalue weighted by Gasteiger charge is 2.33. The Morgan fingerprint density at radius 1 is 1.42 bits per heavy atom. The molecule has 1 unspecified atom stereocenters. The van der Waals surface area contributed by atoms with Crippen LogP contribution in [-0.2, 0) is 5.66 Å². The quantitative estimate of drug-likeness (QED) is 0.406. The van der Waals surface area contributed by atoms with Gasteiger partial charge in [0.25, 0.3) is 5.66 Å². The van der Waals surface area contributed by atoms with Crippen molar-refractivity contribution in [2.45, 2.75) is 12.6 Å². The molecule has 0 radical (unpaired) electrons. The Hall–Kier alpha value is -1.42. The van der Waals surface area contributed by atoms with E-state index in [9.17, 15) is 10.1 Å². The molecule has 0 aliphatic rings. The van der Waals surface area contributed by atoms with Gasteiger partial charge in [-0.2, -0.15) is 0 Å². The van der Waals surface area contributed by atoms with Gasteiger partial charge in [-0.05, 0) is 0 Å². The summed E-state index contributed by atoms with van der Waals surface area (Å²) in [6, 6.07) is 8.53. The Bertz CT molecular complexity index is 282. The van der Waals surface area contributed by atoms with Crippen LogP contribution in [0.3, 0.4) is 0 Å². The van der Waals surface area contributed by atoms with Gasteiger partial charge in [-0.15, -0.1) is 0 Å². The molecule has 0 aromatic heterocycles. The van der Waals surface area contributed by atoms with Crippen molar-refractivity contribution in [3.63, 3.8) is 0 Å². The van der Waals surface area contributed by atoms with Crippen molar-refractivity contribution in [2.24, 2.45) is 5.73 Å². The average Bonchev–Trinajstić information content (AvgIpc) is 2.06. The van der Waals surface area contributed by atoms with Gasteiger partial charge in [0.15, 0.2) is 0 Å². The third-order valence-electron chi connectivity index (χ3n) is 1.74. The summed E-state index contributed by atoms with van der Waals surface area (Å²) in [6.07, 6.45) is 0. The fourth-order valence-corrected chi connectivity index (χ4v) is 0.881. The molecule has 0 aliphatic carbocycles. The highest BCUT2D eigenvalue weighted by Crippen LogP contribution is 2.16. The van der Waals surface area contributed by atoms with E-state index in [2.05, 4.69) is 0 Å². The monoisotopic (exact) mass is 166 g/mol. The zero-order chi connectivity index (χ0) is 9.19. The molecular weight excluding hydrogens is 156 g/mol. The van der Waals surface area contributed by atoms with Gasteiger partial charge in [0, 0.05) is 17.4 Å². The smallest absolute Gasteiger partial charge is 0.262 e. The van der Waals surface area contributed by atoms with E-state index >= 15 is 0 Å². The molecule has 1 aromatic carbocycles. The lowest BCUT2D eigenvalue weighted by molar-refractivity contribution is -0.573. The summed E-state index contributed by atoms with van der Waals surface area (Å²) in [4.78, 5) is 10.0. The first-order chi connectivity index (χ1) is 5.55. The molecule has 1 aromatic rings. The fraction of sp³-hybridized carbons (Fsp3) is 0.250. The average molecular weight is 166 g/mol. The maximum absolute atomic E-state index is 10.5. The van der Waals surface area contributed by atoms with Crippen LogP contribution >= 0.6 is 0 Å². The van der Waals surface area contributed by atoms with Crippen LogP contribution in [-0.4, -0.2) is 4.92 Å². The molecule has 1 rings (SSSR count). The summed E-state index contributed by atoms with van der Waals surface area (Å²) in [5.41, 5.74) is 4.51. The van der Waals surface area contributed by atoms with Crippen molar-refractivity contribution >= 4 is 0 Å². The first-order valence-corrected chi connectivity index (χ1v) is 3.54. The van der Waals surface area contributed by atoms with E-state index < -0.39 is 10.6 Å². The van der Waals surface area contributed by atoms with Crippen molar-refractivity contribution in [3.8, 4) is 0 Å². The molecule has 64 valence electrons.